The Labute approximate surface area is 113 Å². The fourth-order valence-corrected chi connectivity index (χ4v) is 2.57. The van der Waals surface area contributed by atoms with E-state index in [2.05, 4.69) is 29.4 Å². The predicted molar refractivity (Wildman–Crippen MR) is 66.6 cm³/mol. The van der Waals surface area contributed by atoms with Crippen molar-refractivity contribution in [1.29, 1.82) is 0 Å². The second kappa shape index (κ2) is 5.67. The Bertz CT molecular complexity index is 502. The quantitative estimate of drug-likeness (QED) is 0.664. The topological polar surface area (TPSA) is 35.2 Å². The van der Waals surface area contributed by atoms with E-state index >= 15 is 0 Å². The Kier molecular flexibility index (Phi) is 4.19. The Morgan fingerprint density at radius 1 is 1.28 bits per heavy atom. The Morgan fingerprint density at radius 3 is 2.78 bits per heavy atom. The first kappa shape index (κ1) is 13.3. The number of aromatic nitrogens is 3. The lowest BCUT2D eigenvalue weighted by Crippen LogP contribution is -3.12. The Balaban J connectivity index is 0.00000120. The van der Waals surface area contributed by atoms with Crippen LogP contribution in [0.5, 0.6) is 0 Å². The molecule has 1 aromatic carbocycles. The summed E-state index contributed by atoms with van der Waals surface area (Å²) < 4.78 is 2.04. The van der Waals surface area contributed by atoms with E-state index in [0.29, 0.717) is 0 Å². The SMILES string of the molecule is CC1CC[NH+](Cn2nnc3ccccc32)CC1.[Cl-]. The number of benzene rings is 1. The van der Waals surface area contributed by atoms with E-state index < -0.39 is 0 Å². The van der Waals surface area contributed by atoms with Gasteiger partial charge in [-0.1, -0.05) is 24.3 Å². The summed E-state index contributed by atoms with van der Waals surface area (Å²) in [7, 11) is 0. The van der Waals surface area contributed by atoms with E-state index in [-0.39, 0.29) is 12.4 Å². The van der Waals surface area contributed by atoms with Crippen molar-refractivity contribution in [3.8, 4) is 0 Å². The van der Waals surface area contributed by atoms with Crippen LogP contribution < -0.4 is 17.3 Å². The second-order valence-corrected chi connectivity index (χ2v) is 5.17. The smallest absolute Gasteiger partial charge is 0.175 e. The van der Waals surface area contributed by atoms with E-state index in [1.54, 1.807) is 4.90 Å². The van der Waals surface area contributed by atoms with Gasteiger partial charge in [-0.3, -0.25) is 0 Å². The summed E-state index contributed by atoms with van der Waals surface area (Å²) >= 11 is 0. The molecule has 5 heteroatoms. The largest absolute Gasteiger partial charge is 1.00 e. The number of para-hydroxylation sites is 1. The highest BCUT2D eigenvalue weighted by atomic mass is 35.5. The molecule has 0 radical (unpaired) electrons. The third-order valence-electron chi connectivity index (χ3n) is 3.77. The van der Waals surface area contributed by atoms with Crippen LogP contribution >= 0.6 is 0 Å². The second-order valence-electron chi connectivity index (χ2n) is 5.17. The number of nitrogens with zero attached hydrogens (tertiary/aromatic N) is 3. The molecular formula is C13H19ClN4. The summed E-state index contributed by atoms with van der Waals surface area (Å²) in [6, 6.07) is 8.18. The number of likely N-dealkylation sites (tertiary alicyclic amines) is 1. The average molecular weight is 267 g/mol. The van der Waals surface area contributed by atoms with Crippen LogP contribution in [-0.2, 0) is 6.67 Å². The molecule has 0 saturated carbocycles. The molecule has 0 amide bonds. The number of halogens is 1. The fraction of sp³-hybridized carbons (Fsp3) is 0.538. The summed E-state index contributed by atoms with van der Waals surface area (Å²) in [5.74, 6) is 0.895. The minimum atomic E-state index is 0. The molecule has 1 aromatic heterocycles. The van der Waals surface area contributed by atoms with Crippen LogP contribution in [0.4, 0.5) is 0 Å². The van der Waals surface area contributed by atoms with Crippen LogP contribution in [-0.4, -0.2) is 28.1 Å². The van der Waals surface area contributed by atoms with Crippen LogP contribution in [0.2, 0.25) is 0 Å². The molecule has 1 fully saturated rings. The Hall–Kier alpha value is -1.13. The first-order valence-corrected chi connectivity index (χ1v) is 6.45. The maximum absolute atomic E-state index is 4.25. The summed E-state index contributed by atoms with van der Waals surface area (Å²) in [6.07, 6.45) is 2.67. The van der Waals surface area contributed by atoms with E-state index in [9.17, 15) is 0 Å². The molecule has 2 heterocycles. The number of nitrogens with one attached hydrogen (secondary N) is 1. The monoisotopic (exact) mass is 266 g/mol. The highest BCUT2D eigenvalue weighted by Gasteiger charge is 2.19. The Morgan fingerprint density at radius 2 is 2.00 bits per heavy atom. The van der Waals surface area contributed by atoms with Gasteiger partial charge in [0, 0.05) is 0 Å². The zero-order valence-electron chi connectivity index (χ0n) is 10.6. The van der Waals surface area contributed by atoms with E-state index in [1.165, 1.54) is 25.9 Å². The molecule has 0 unspecified atom stereocenters. The molecule has 0 atom stereocenters. The summed E-state index contributed by atoms with van der Waals surface area (Å²) in [6.45, 7) is 5.82. The molecule has 98 valence electrons. The fourth-order valence-electron chi connectivity index (χ4n) is 2.57. The lowest BCUT2D eigenvalue weighted by Gasteiger charge is -2.26. The highest BCUT2D eigenvalue weighted by Crippen LogP contribution is 2.09. The molecule has 0 aliphatic carbocycles. The molecule has 1 N–H and O–H groups in total. The summed E-state index contributed by atoms with van der Waals surface area (Å²) in [4.78, 5) is 1.62. The normalized spacial score (nSPS) is 23.8. The minimum absolute atomic E-state index is 0. The number of quaternary nitrogens is 1. The third kappa shape index (κ3) is 2.65. The highest BCUT2D eigenvalue weighted by molar-refractivity contribution is 5.73. The van der Waals surface area contributed by atoms with Crippen molar-refractivity contribution in [2.75, 3.05) is 13.1 Å². The zero-order chi connectivity index (χ0) is 11.7. The standard InChI is InChI=1S/C13H18N4.ClH/c1-11-6-8-16(9-7-11)10-17-13-5-3-2-4-12(13)14-15-17;/h2-5,11H,6-10H2,1H3;1H. The van der Waals surface area contributed by atoms with Gasteiger partial charge in [-0.05, 0) is 30.9 Å². The molecule has 1 saturated heterocycles. The maximum atomic E-state index is 4.25. The number of rotatable bonds is 2. The van der Waals surface area contributed by atoms with Gasteiger partial charge < -0.3 is 17.3 Å². The molecule has 1 aliphatic heterocycles. The zero-order valence-corrected chi connectivity index (χ0v) is 11.4. The lowest BCUT2D eigenvalue weighted by atomic mass is 10.00. The van der Waals surface area contributed by atoms with Gasteiger partial charge in [0.25, 0.3) is 0 Å². The van der Waals surface area contributed by atoms with Crippen molar-refractivity contribution < 1.29 is 17.3 Å². The van der Waals surface area contributed by atoms with Gasteiger partial charge >= 0.3 is 0 Å². The van der Waals surface area contributed by atoms with Crippen molar-refractivity contribution >= 4 is 11.0 Å². The van der Waals surface area contributed by atoms with Crippen LogP contribution in [0.15, 0.2) is 24.3 Å². The van der Waals surface area contributed by atoms with E-state index in [1.807, 2.05) is 16.8 Å². The predicted octanol–water partition coefficient (Wildman–Crippen LogP) is -2.29. The number of piperidine rings is 1. The molecule has 3 rings (SSSR count). The van der Waals surface area contributed by atoms with Crippen molar-refractivity contribution in [1.82, 2.24) is 15.0 Å². The van der Waals surface area contributed by atoms with Gasteiger partial charge in [0.05, 0.1) is 18.6 Å². The number of hydrogen-bond donors (Lipinski definition) is 1. The molecule has 18 heavy (non-hydrogen) atoms. The van der Waals surface area contributed by atoms with Crippen molar-refractivity contribution in [3.05, 3.63) is 24.3 Å². The average Bonchev–Trinajstić information content (AvgIpc) is 2.76. The molecule has 2 aromatic rings. The lowest BCUT2D eigenvalue weighted by molar-refractivity contribution is -0.928. The van der Waals surface area contributed by atoms with Gasteiger partial charge in [-0.2, -0.15) is 4.68 Å². The molecule has 4 nitrogen and oxygen atoms in total. The van der Waals surface area contributed by atoms with Crippen molar-refractivity contribution in [2.24, 2.45) is 5.92 Å². The first-order chi connectivity index (χ1) is 8.33. The van der Waals surface area contributed by atoms with Crippen LogP contribution in [0, 0.1) is 5.92 Å². The van der Waals surface area contributed by atoms with Crippen LogP contribution in [0.25, 0.3) is 11.0 Å². The van der Waals surface area contributed by atoms with Gasteiger partial charge in [0.2, 0.25) is 0 Å². The minimum Gasteiger partial charge on any atom is -1.00 e. The van der Waals surface area contributed by atoms with Gasteiger partial charge in [0.1, 0.15) is 5.52 Å². The van der Waals surface area contributed by atoms with E-state index in [0.717, 1.165) is 23.6 Å². The molecule has 0 spiro atoms. The summed E-state index contributed by atoms with van der Waals surface area (Å²) in [5, 5.41) is 8.45. The maximum Gasteiger partial charge on any atom is 0.175 e. The number of hydrogen-bond acceptors (Lipinski definition) is 2. The van der Waals surface area contributed by atoms with Gasteiger partial charge in [-0.25, -0.2) is 0 Å². The molecular weight excluding hydrogens is 248 g/mol. The molecule has 1 aliphatic rings. The van der Waals surface area contributed by atoms with E-state index in [4.69, 9.17) is 0 Å². The van der Waals surface area contributed by atoms with Gasteiger partial charge in [-0.15, -0.1) is 5.10 Å². The van der Waals surface area contributed by atoms with Crippen molar-refractivity contribution in [3.63, 3.8) is 0 Å². The number of fused-ring (bicyclic) bond motifs is 1. The third-order valence-corrected chi connectivity index (χ3v) is 3.77. The summed E-state index contributed by atoms with van der Waals surface area (Å²) in [5.41, 5.74) is 2.15. The first-order valence-electron chi connectivity index (χ1n) is 6.45. The van der Waals surface area contributed by atoms with Gasteiger partial charge in [0.15, 0.2) is 6.67 Å². The molecule has 0 bridgehead atoms. The van der Waals surface area contributed by atoms with Crippen molar-refractivity contribution in [2.45, 2.75) is 26.4 Å². The van der Waals surface area contributed by atoms with Crippen LogP contribution in [0.3, 0.4) is 0 Å². The van der Waals surface area contributed by atoms with Crippen LogP contribution in [0.1, 0.15) is 19.8 Å².